The van der Waals surface area contributed by atoms with Crippen molar-refractivity contribution in [3.63, 3.8) is 0 Å². The molecule has 0 amide bonds. The Labute approximate surface area is 158 Å². The van der Waals surface area contributed by atoms with E-state index in [2.05, 4.69) is 10.1 Å². The molecule has 27 heavy (non-hydrogen) atoms. The van der Waals surface area contributed by atoms with Gasteiger partial charge in [-0.05, 0) is 49.4 Å². The standard InChI is InChI=1S/C18H15ClF3N3O2/c1-17(26,9-25-11-23-10-24-25)16-8-14(6-7-15(16)18(20,21)22)27-13-4-2-12(19)3-5-13/h2-8,10-11,26H,9H2,1H3/t17-/m0/s1. The fourth-order valence-electron chi connectivity index (χ4n) is 2.63. The molecule has 3 rings (SSSR count). The lowest BCUT2D eigenvalue weighted by Gasteiger charge is -2.27. The summed E-state index contributed by atoms with van der Waals surface area (Å²) in [5.41, 5.74) is -3.13. The SMILES string of the molecule is C[C@](O)(Cn1cncn1)c1cc(Oc2ccc(Cl)cc2)ccc1C(F)(F)F. The number of alkyl halides is 3. The number of aromatic nitrogens is 3. The molecule has 0 fully saturated rings. The van der Waals surface area contributed by atoms with Crippen LogP contribution in [0.5, 0.6) is 11.5 Å². The average Bonchev–Trinajstić information content (AvgIpc) is 3.08. The van der Waals surface area contributed by atoms with Gasteiger partial charge in [0.25, 0.3) is 0 Å². The van der Waals surface area contributed by atoms with E-state index in [1.165, 1.54) is 36.4 Å². The number of ether oxygens (including phenoxy) is 1. The molecular formula is C18H15ClF3N3O2. The molecule has 0 aliphatic rings. The Morgan fingerprint density at radius 1 is 1.07 bits per heavy atom. The van der Waals surface area contributed by atoms with Crippen molar-refractivity contribution in [3.05, 3.63) is 71.3 Å². The van der Waals surface area contributed by atoms with Crippen molar-refractivity contribution in [2.24, 2.45) is 0 Å². The smallest absolute Gasteiger partial charge is 0.416 e. The maximum atomic E-state index is 13.5. The van der Waals surface area contributed by atoms with Crippen molar-refractivity contribution >= 4 is 11.6 Å². The zero-order valence-corrected chi connectivity index (χ0v) is 14.9. The highest BCUT2D eigenvalue weighted by atomic mass is 35.5. The molecule has 0 radical (unpaired) electrons. The summed E-state index contributed by atoms with van der Waals surface area (Å²) in [6.45, 7) is 1.08. The molecular weight excluding hydrogens is 383 g/mol. The molecule has 1 aromatic heterocycles. The van der Waals surface area contributed by atoms with Gasteiger partial charge in [-0.2, -0.15) is 18.3 Å². The van der Waals surface area contributed by atoms with Crippen molar-refractivity contribution in [1.82, 2.24) is 14.8 Å². The molecule has 2 aromatic carbocycles. The lowest BCUT2D eigenvalue weighted by molar-refractivity contribution is -0.140. The van der Waals surface area contributed by atoms with Crippen LogP contribution in [0.2, 0.25) is 5.02 Å². The van der Waals surface area contributed by atoms with E-state index < -0.39 is 17.3 Å². The third-order valence-corrected chi connectivity index (χ3v) is 4.11. The van der Waals surface area contributed by atoms with E-state index in [-0.39, 0.29) is 17.9 Å². The van der Waals surface area contributed by atoms with Gasteiger partial charge in [0, 0.05) is 10.6 Å². The highest BCUT2D eigenvalue weighted by molar-refractivity contribution is 6.30. The average molecular weight is 398 g/mol. The summed E-state index contributed by atoms with van der Waals surface area (Å²) < 4.78 is 47.2. The van der Waals surface area contributed by atoms with Crippen molar-refractivity contribution in [2.75, 3.05) is 0 Å². The topological polar surface area (TPSA) is 60.2 Å². The van der Waals surface area contributed by atoms with E-state index in [9.17, 15) is 18.3 Å². The second kappa shape index (κ2) is 7.21. The molecule has 0 saturated carbocycles. The third-order valence-electron chi connectivity index (χ3n) is 3.86. The van der Waals surface area contributed by atoms with E-state index in [4.69, 9.17) is 16.3 Å². The predicted molar refractivity (Wildman–Crippen MR) is 92.6 cm³/mol. The van der Waals surface area contributed by atoms with E-state index in [0.717, 1.165) is 6.07 Å². The molecule has 0 bridgehead atoms. The molecule has 0 spiro atoms. The molecule has 1 N–H and O–H groups in total. The van der Waals surface area contributed by atoms with Gasteiger partial charge in [0.1, 0.15) is 29.8 Å². The Bertz CT molecular complexity index is 911. The third kappa shape index (κ3) is 4.58. The van der Waals surface area contributed by atoms with Gasteiger partial charge < -0.3 is 9.84 Å². The van der Waals surface area contributed by atoms with Crippen LogP contribution in [0, 0.1) is 0 Å². The van der Waals surface area contributed by atoms with Gasteiger partial charge in [-0.15, -0.1) is 0 Å². The van der Waals surface area contributed by atoms with Crippen molar-refractivity contribution in [3.8, 4) is 11.5 Å². The first-order valence-corrected chi connectivity index (χ1v) is 8.23. The van der Waals surface area contributed by atoms with Crippen LogP contribution < -0.4 is 4.74 Å². The highest BCUT2D eigenvalue weighted by Gasteiger charge is 2.39. The second-order valence-corrected chi connectivity index (χ2v) is 6.56. The molecule has 9 heteroatoms. The van der Waals surface area contributed by atoms with Crippen molar-refractivity contribution < 1.29 is 23.0 Å². The monoisotopic (exact) mass is 397 g/mol. The van der Waals surface area contributed by atoms with E-state index in [1.807, 2.05) is 0 Å². The minimum Gasteiger partial charge on any atom is -0.457 e. The number of hydrogen-bond donors (Lipinski definition) is 1. The lowest BCUT2D eigenvalue weighted by Crippen LogP contribution is -2.31. The Balaban J connectivity index is 1.99. The normalized spacial score (nSPS) is 14.0. The fourth-order valence-corrected chi connectivity index (χ4v) is 2.76. The molecule has 0 aliphatic heterocycles. The van der Waals surface area contributed by atoms with Gasteiger partial charge in [-0.3, -0.25) is 0 Å². The summed E-state index contributed by atoms with van der Waals surface area (Å²) in [4.78, 5) is 3.73. The summed E-state index contributed by atoms with van der Waals surface area (Å²) in [6.07, 6.45) is -2.09. The largest absolute Gasteiger partial charge is 0.457 e. The Morgan fingerprint density at radius 3 is 2.33 bits per heavy atom. The van der Waals surface area contributed by atoms with Gasteiger partial charge in [-0.25, -0.2) is 9.67 Å². The number of hydrogen-bond acceptors (Lipinski definition) is 4. The summed E-state index contributed by atoms with van der Waals surface area (Å²) in [5.74, 6) is 0.556. The van der Waals surface area contributed by atoms with E-state index in [0.29, 0.717) is 10.8 Å². The maximum absolute atomic E-state index is 13.5. The first-order valence-electron chi connectivity index (χ1n) is 7.85. The first-order chi connectivity index (χ1) is 12.6. The number of nitrogens with zero attached hydrogens (tertiary/aromatic N) is 3. The predicted octanol–water partition coefficient (Wildman–Crippen LogP) is 4.65. The first kappa shape index (κ1) is 19.2. The van der Waals surface area contributed by atoms with Gasteiger partial charge in [0.05, 0.1) is 12.1 Å². The number of benzene rings is 2. The highest BCUT2D eigenvalue weighted by Crippen LogP contribution is 2.40. The van der Waals surface area contributed by atoms with Crippen LogP contribution in [0.4, 0.5) is 13.2 Å². The van der Waals surface area contributed by atoms with Gasteiger partial charge >= 0.3 is 6.18 Å². The summed E-state index contributed by atoms with van der Waals surface area (Å²) in [6, 6.07) is 9.64. The number of rotatable bonds is 5. The minimum atomic E-state index is -4.64. The van der Waals surface area contributed by atoms with E-state index in [1.54, 1.807) is 24.3 Å². The molecule has 1 heterocycles. The lowest BCUT2D eigenvalue weighted by atomic mass is 9.90. The van der Waals surface area contributed by atoms with Crippen LogP contribution in [0.3, 0.4) is 0 Å². The molecule has 5 nitrogen and oxygen atoms in total. The zero-order valence-electron chi connectivity index (χ0n) is 14.1. The minimum absolute atomic E-state index is 0.152. The van der Waals surface area contributed by atoms with Crippen LogP contribution in [-0.2, 0) is 18.3 Å². The fraction of sp³-hybridized carbons (Fsp3) is 0.222. The summed E-state index contributed by atoms with van der Waals surface area (Å²) in [7, 11) is 0. The van der Waals surface area contributed by atoms with Gasteiger partial charge in [0.2, 0.25) is 0 Å². The van der Waals surface area contributed by atoms with Gasteiger partial charge in [-0.1, -0.05) is 11.6 Å². The maximum Gasteiger partial charge on any atom is 0.416 e. The van der Waals surface area contributed by atoms with Crippen LogP contribution >= 0.6 is 11.6 Å². The molecule has 1 atom stereocenters. The van der Waals surface area contributed by atoms with Crippen molar-refractivity contribution in [2.45, 2.75) is 25.2 Å². The summed E-state index contributed by atoms with van der Waals surface area (Å²) >= 11 is 5.81. The Hall–Kier alpha value is -2.58. The number of halogens is 4. The molecule has 0 aliphatic carbocycles. The second-order valence-electron chi connectivity index (χ2n) is 6.13. The van der Waals surface area contributed by atoms with Crippen LogP contribution in [-0.4, -0.2) is 19.9 Å². The van der Waals surface area contributed by atoms with E-state index >= 15 is 0 Å². The molecule has 0 unspecified atom stereocenters. The molecule has 3 aromatic rings. The number of aliphatic hydroxyl groups is 1. The zero-order chi connectivity index (χ0) is 19.7. The molecule has 0 saturated heterocycles. The van der Waals surface area contributed by atoms with Gasteiger partial charge in [0.15, 0.2) is 0 Å². The van der Waals surface area contributed by atoms with Crippen LogP contribution in [0.25, 0.3) is 0 Å². The van der Waals surface area contributed by atoms with Crippen molar-refractivity contribution in [1.29, 1.82) is 0 Å². The quantitative estimate of drug-likeness (QED) is 0.680. The van der Waals surface area contributed by atoms with Crippen LogP contribution in [0.15, 0.2) is 55.1 Å². The Morgan fingerprint density at radius 2 is 1.74 bits per heavy atom. The Kier molecular flexibility index (Phi) is 5.12. The van der Waals surface area contributed by atoms with Crippen LogP contribution in [0.1, 0.15) is 18.1 Å². The summed E-state index contributed by atoms with van der Waals surface area (Å²) in [5, 5.41) is 15.1. The molecule has 142 valence electrons.